The number of nitrogens with one attached hydrogen (secondary N) is 1. The van der Waals surface area contributed by atoms with Crippen molar-refractivity contribution in [2.45, 2.75) is 75.7 Å². The lowest BCUT2D eigenvalue weighted by molar-refractivity contribution is -0.138. The summed E-state index contributed by atoms with van der Waals surface area (Å²) in [5, 5.41) is 3.71. The van der Waals surface area contributed by atoms with Crippen molar-refractivity contribution in [2.75, 3.05) is 20.3 Å². The molecule has 1 aliphatic carbocycles. The summed E-state index contributed by atoms with van der Waals surface area (Å²) in [6.45, 7) is 3.52. The van der Waals surface area contributed by atoms with Gasteiger partial charge in [-0.15, -0.1) is 0 Å². The van der Waals surface area contributed by atoms with Crippen LogP contribution in [0.15, 0.2) is 48.5 Å². The van der Waals surface area contributed by atoms with Gasteiger partial charge in [0, 0.05) is 18.6 Å². The van der Waals surface area contributed by atoms with Crippen molar-refractivity contribution in [3.05, 3.63) is 59.7 Å². The molecule has 1 amide bonds. The molecule has 182 valence electrons. The minimum atomic E-state index is -0.00179. The Labute approximate surface area is 202 Å². The predicted octanol–water partition coefficient (Wildman–Crippen LogP) is 4.28. The fraction of sp³-hybridized carbons (Fsp3) is 0.536. The third-order valence-electron chi connectivity index (χ3n) is 7.79. The molecule has 6 nitrogen and oxygen atoms in total. The molecule has 6 heteroatoms. The Morgan fingerprint density at radius 2 is 1.82 bits per heavy atom. The summed E-state index contributed by atoms with van der Waals surface area (Å²) in [6, 6.07) is 16.7. The molecule has 0 radical (unpaired) electrons. The van der Waals surface area contributed by atoms with Gasteiger partial charge in [-0.3, -0.25) is 4.79 Å². The molecule has 1 saturated heterocycles. The third kappa shape index (κ3) is 4.93. The van der Waals surface area contributed by atoms with Crippen LogP contribution in [-0.4, -0.2) is 55.4 Å². The number of fused-ring (bicyclic) bond motifs is 5. The van der Waals surface area contributed by atoms with Gasteiger partial charge in [-0.2, -0.15) is 0 Å². The molecule has 0 spiro atoms. The van der Waals surface area contributed by atoms with Gasteiger partial charge in [0.1, 0.15) is 11.5 Å². The molecule has 4 aliphatic rings. The standard InChI is InChI=1S/C28H36N2O4/c1-19-15-25(29-16-20-7-11-22(32-2)12-8-20)26-17-33-23-13-9-21(10-14-23)24-5-3-4-6-27(24)34-18-28(31)30(19)26/h3-8,11-12,19,21,23,25-26,29H,9-10,13-18H2,1-2H3/t19-,21?,23?,25+,26+/m1/s1. The minimum Gasteiger partial charge on any atom is -0.497 e. The van der Waals surface area contributed by atoms with Crippen LogP contribution in [-0.2, 0) is 16.1 Å². The van der Waals surface area contributed by atoms with Crippen molar-refractivity contribution >= 4 is 5.91 Å². The van der Waals surface area contributed by atoms with Crippen molar-refractivity contribution < 1.29 is 19.0 Å². The Morgan fingerprint density at radius 3 is 2.59 bits per heavy atom. The number of carbonyl (C=O) groups excluding carboxylic acids is 1. The van der Waals surface area contributed by atoms with E-state index in [0.717, 1.165) is 50.1 Å². The van der Waals surface area contributed by atoms with Crippen LogP contribution in [0.5, 0.6) is 11.5 Å². The van der Waals surface area contributed by atoms with Gasteiger partial charge in [-0.05, 0) is 74.3 Å². The maximum absolute atomic E-state index is 13.4. The molecule has 0 aromatic heterocycles. The van der Waals surface area contributed by atoms with Gasteiger partial charge in [0.2, 0.25) is 0 Å². The van der Waals surface area contributed by atoms with E-state index in [1.54, 1.807) is 7.11 Å². The number of ether oxygens (including phenoxy) is 3. The van der Waals surface area contributed by atoms with Gasteiger partial charge in [0.05, 0.1) is 25.9 Å². The second kappa shape index (κ2) is 10.4. The first-order chi connectivity index (χ1) is 16.6. The van der Waals surface area contributed by atoms with Gasteiger partial charge in [-0.25, -0.2) is 0 Å². The number of para-hydroxylation sites is 1. The van der Waals surface area contributed by atoms with Gasteiger partial charge in [-0.1, -0.05) is 30.3 Å². The highest BCUT2D eigenvalue weighted by Gasteiger charge is 2.42. The van der Waals surface area contributed by atoms with E-state index in [9.17, 15) is 4.79 Å². The SMILES string of the molecule is COc1ccc(CN[C@H]2C[C@@H](C)N3C(=O)COc4ccccc4C4CCC(CC4)OC[C@@H]23)cc1. The molecule has 2 bridgehead atoms. The van der Waals surface area contributed by atoms with E-state index in [0.29, 0.717) is 12.5 Å². The summed E-state index contributed by atoms with van der Waals surface area (Å²) in [7, 11) is 1.68. The normalized spacial score (nSPS) is 29.3. The lowest BCUT2D eigenvalue weighted by atomic mass is 9.82. The van der Waals surface area contributed by atoms with Crippen LogP contribution in [0.3, 0.4) is 0 Å². The molecule has 1 saturated carbocycles. The van der Waals surface area contributed by atoms with Crippen molar-refractivity contribution in [3.63, 3.8) is 0 Å². The topological polar surface area (TPSA) is 60.0 Å². The van der Waals surface area contributed by atoms with Crippen molar-refractivity contribution in [1.29, 1.82) is 0 Å². The summed E-state index contributed by atoms with van der Waals surface area (Å²) in [6.07, 6.45) is 5.48. The second-order valence-corrected chi connectivity index (χ2v) is 9.92. The maximum atomic E-state index is 13.4. The predicted molar refractivity (Wildman–Crippen MR) is 131 cm³/mol. The fourth-order valence-corrected chi connectivity index (χ4v) is 5.94. The lowest BCUT2D eigenvalue weighted by Crippen LogP contribution is -2.50. The molecule has 1 N–H and O–H groups in total. The second-order valence-electron chi connectivity index (χ2n) is 9.92. The van der Waals surface area contributed by atoms with Crippen LogP contribution >= 0.6 is 0 Å². The Morgan fingerprint density at radius 1 is 1.06 bits per heavy atom. The van der Waals surface area contributed by atoms with E-state index in [1.807, 2.05) is 29.2 Å². The monoisotopic (exact) mass is 464 g/mol. The number of rotatable bonds is 4. The summed E-state index contributed by atoms with van der Waals surface area (Å²) in [5.41, 5.74) is 2.43. The number of methoxy groups -OCH3 is 1. The number of benzene rings is 2. The molecule has 3 aliphatic heterocycles. The molecule has 2 fully saturated rings. The average Bonchev–Trinajstić information content (AvgIpc) is 3.20. The summed E-state index contributed by atoms with van der Waals surface area (Å²) in [5.74, 6) is 2.23. The number of carbonyl (C=O) groups is 1. The minimum absolute atomic E-state index is 0.00179. The first kappa shape index (κ1) is 23.2. The highest BCUT2D eigenvalue weighted by molar-refractivity contribution is 5.79. The fourth-order valence-electron chi connectivity index (χ4n) is 5.94. The zero-order valence-corrected chi connectivity index (χ0v) is 20.2. The van der Waals surface area contributed by atoms with Gasteiger partial charge < -0.3 is 24.4 Å². The Hall–Kier alpha value is -2.57. The van der Waals surface area contributed by atoms with Crippen molar-refractivity contribution in [1.82, 2.24) is 10.2 Å². The zero-order chi connectivity index (χ0) is 23.5. The van der Waals surface area contributed by atoms with Crippen LogP contribution in [0.25, 0.3) is 0 Å². The molecule has 6 rings (SSSR count). The highest BCUT2D eigenvalue weighted by Crippen LogP contribution is 2.39. The summed E-state index contributed by atoms with van der Waals surface area (Å²) in [4.78, 5) is 15.4. The Bertz CT molecular complexity index is 971. The van der Waals surface area contributed by atoms with Crippen molar-refractivity contribution in [3.8, 4) is 11.5 Å². The Kier molecular flexibility index (Phi) is 7.07. The van der Waals surface area contributed by atoms with Crippen LogP contribution in [0, 0.1) is 0 Å². The molecule has 3 heterocycles. The summed E-state index contributed by atoms with van der Waals surface area (Å²) >= 11 is 0. The quantitative estimate of drug-likeness (QED) is 0.732. The van der Waals surface area contributed by atoms with Gasteiger partial charge >= 0.3 is 0 Å². The van der Waals surface area contributed by atoms with Crippen molar-refractivity contribution in [2.24, 2.45) is 0 Å². The van der Waals surface area contributed by atoms with Crippen LogP contribution in [0.2, 0.25) is 0 Å². The number of nitrogens with zero attached hydrogens (tertiary/aromatic N) is 1. The molecule has 34 heavy (non-hydrogen) atoms. The van der Waals surface area contributed by atoms with Gasteiger partial charge in [0.15, 0.2) is 6.61 Å². The van der Waals surface area contributed by atoms with E-state index in [2.05, 4.69) is 36.5 Å². The maximum Gasteiger partial charge on any atom is 0.261 e. The molecule has 3 atom stereocenters. The van der Waals surface area contributed by atoms with Gasteiger partial charge in [0.25, 0.3) is 5.91 Å². The molecular weight excluding hydrogens is 428 g/mol. The van der Waals surface area contributed by atoms with E-state index in [4.69, 9.17) is 14.2 Å². The zero-order valence-electron chi connectivity index (χ0n) is 20.2. The van der Waals surface area contributed by atoms with Crippen LogP contribution < -0.4 is 14.8 Å². The van der Waals surface area contributed by atoms with E-state index < -0.39 is 0 Å². The molecule has 0 unspecified atom stereocenters. The van der Waals surface area contributed by atoms with E-state index in [-0.39, 0.29) is 36.7 Å². The number of hydrogen-bond donors (Lipinski definition) is 1. The van der Waals surface area contributed by atoms with Crippen LogP contribution in [0.1, 0.15) is 56.1 Å². The first-order valence-electron chi connectivity index (χ1n) is 12.6. The van der Waals surface area contributed by atoms with Crippen LogP contribution in [0.4, 0.5) is 0 Å². The molecule has 2 aromatic rings. The molecule has 2 aromatic carbocycles. The largest absolute Gasteiger partial charge is 0.497 e. The highest BCUT2D eigenvalue weighted by atomic mass is 16.5. The molecular formula is C28H36N2O4. The smallest absolute Gasteiger partial charge is 0.261 e. The number of amides is 1. The first-order valence-corrected chi connectivity index (χ1v) is 12.6. The number of hydrogen-bond acceptors (Lipinski definition) is 5. The third-order valence-corrected chi connectivity index (χ3v) is 7.79. The Balaban J connectivity index is 1.33. The van der Waals surface area contributed by atoms with E-state index >= 15 is 0 Å². The average molecular weight is 465 g/mol. The van der Waals surface area contributed by atoms with E-state index in [1.165, 1.54) is 11.1 Å². The summed E-state index contributed by atoms with van der Waals surface area (Å²) < 4.78 is 17.9. The lowest BCUT2D eigenvalue weighted by Gasteiger charge is -2.33.